The summed E-state index contributed by atoms with van der Waals surface area (Å²) in [5, 5.41) is 19.3. The molecule has 0 aliphatic rings. The summed E-state index contributed by atoms with van der Waals surface area (Å²) in [6.45, 7) is 0. The van der Waals surface area contributed by atoms with Gasteiger partial charge >= 0.3 is 17.1 Å². The summed E-state index contributed by atoms with van der Waals surface area (Å²) < 4.78 is 0. The Balaban J connectivity index is 0.000000402. The normalized spacial score (nSPS) is 10.4. The zero-order valence-electron chi connectivity index (χ0n) is 11.3. The zero-order chi connectivity index (χ0) is 15.7. The van der Waals surface area contributed by atoms with E-state index in [2.05, 4.69) is 9.97 Å². The summed E-state index contributed by atoms with van der Waals surface area (Å²) in [5.74, 6) is -3.08. The van der Waals surface area contributed by atoms with Crippen molar-refractivity contribution in [2.75, 3.05) is 0 Å². The van der Waals surface area contributed by atoms with Crippen LogP contribution in [0.5, 0.6) is 0 Å². The van der Waals surface area contributed by atoms with E-state index in [1.807, 2.05) is 36.4 Å². The quantitative estimate of drug-likeness (QED) is 0.653. The van der Waals surface area contributed by atoms with Gasteiger partial charge in [-0.15, -0.1) is 0 Å². The van der Waals surface area contributed by atoms with E-state index in [0.717, 1.165) is 11.4 Å². The number of carboxylic acids is 2. The molecule has 8 heteroatoms. The molecule has 1 atom stereocenters. The van der Waals surface area contributed by atoms with E-state index in [0.29, 0.717) is 0 Å². The van der Waals surface area contributed by atoms with Crippen LogP contribution in [0.15, 0.2) is 48.8 Å². The number of pyridine rings is 2. The second kappa shape index (κ2) is 10.4. The van der Waals surface area contributed by atoms with Crippen molar-refractivity contribution in [1.29, 1.82) is 0 Å². The number of hydrogen-bond donors (Lipinski definition) is 1. The van der Waals surface area contributed by atoms with Gasteiger partial charge in [0.05, 0.1) is 17.4 Å². The molecule has 2 N–H and O–H groups in total. The Hall–Kier alpha value is -2.28. The first-order valence-corrected chi connectivity index (χ1v) is 5.99. The van der Waals surface area contributed by atoms with Crippen molar-refractivity contribution in [2.45, 2.75) is 12.5 Å². The van der Waals surface area contributed by atoms with Crippen LogP contribution in [0.25, 0.3) is 11.4 Å². The SMILES string of the molecule is N[C@@H](CC(=O)[O-])C(=O)[O-].[Cu+2].c1ccc(-c2ccccn2)nc1. The van der Waals surface area contributed by atoms with Crippen LogP contribution in [0.1, 0.15) is 6.42 Å². The Bertz CT molecular complexity index is 544. The second-order valence-corrected chi connectivity index (χ2v) is 3.93. The van der Waals surface area contributed by atoms with Gasteiger partial charge < -0.3 is 25.5 Å². The minimum atomic E-state index is -1.58. The predicted octanol–water partition coefficient (Wildman–Crippen LogP) is -1.66. The van der Waals surface area contributed by atoms with Crippen molar-refractivity contribution in [3.63, 3.8) is 0 Å². The van der Waals surface area contributed by atoms with Crippen LogP contribution in [0.4, 0.5) is 0 Å². The van der Waals surface area contributed by atoms with Crippen molar-refractivity contribution in [1.82, 2.24) is 9.97 Å². The standard InChI is InChI=1S/C10H8N2.C4H7NO4.Cu/c1-3-7-11-9(5-1)10-6-2-4-8-12-10;5-2(4(8)9)1-3(6)7;/h1-8H;2H,1,5H2,(H,6,7)(H,8,9);/q;;+2/p-2/t;2-;/m.0./s1. The van der Waals surface area contributed by atoms with Gasteiger partial charge in [-0.1, -0.05) is 12.1 Å². The molecule has 2 rings (SSSR count). The molecule has 0 bridgehead atoms. The number of hydrogen-bond acceptors (Lipinski definition) is 7. The van der Waals surface area contributed by atoms with E-state index in [1.54, 1.807) is 12.4 Å². The Morgan fingerprint density at radius 1 is 1.00 bits per heavy atom. The number of aliphatic carboxylic acids is 2. The number of nitrogens with two attached hydrogens (primary N) is 1. The van der Waals surface area contributed by atoms with Gasteiger partial charge in [0.2, 0.25) is 0 Å². The molecule has 0 fully saturated rings. The van der Waals surface area contributed by atoms with Crippen molar-refractivity contribution in [3.8, 4) is 11.4 Å². The van der Waals surface area contributed by atoms with E-state index in [9.17, 15) is 19.8 Å². The summed E-state index contributed by atoms with van der Waals surface area (Å²) in [7, 11) is 0. The molecule has 0 saturated heterocycles. The second-order valence-electron chi connectivity index (χ2n) is 3.93. The van der Waals surface area contributed by atoms with Gasteiger partial charge in [-0.05, 0) is 24.3 Å². The minimum Gasteiger partial charge on any atom is -0.550 e. The van der Waals surface area contributed by atoms with Gasteiger partial charge in [0, 0.05) is 30.8 Å². The van der Waals surface area contributed by atoms with Crippen molar-refractivity contribution in [3.05, 3.63) is 48.8 Å². The van der Waals surface area contributed by atoms with Crippen LogP contribution in [0.2, 0.25) is 0 Å². The number of rotatable bonds is 4. The molecule has 2 aromatic rings. The fraction of sp³-hybridized carbons (Fsp3) is 0.143. The van der Waals surface area contributed by atoms with Gasteiger partial charge in [0.1, 0.15) is 0 Å². The maximum atomic E-state index is 9.71. The number of carboxylic acid groups (broad SMARTS) is 2. The Kier molecular flexibility index (Phi) is 9.36. The zero-order valence-corrected chi connectivity index (χ0v) is 12.3. The largest absolute Gasteiger partial charge is 2.00 e. The van der Waals surface area contributed by atoms with Crippen LogP contribution in [-0.2, 0) is 26.7 Å². The first kappa shape index (κ1) is 19.7. The van der Waals surface area contributed by atoms with Gasteiger partial charge in [-0.2, -0.15) is 0 Å². The van der Waals surface area contributed by atoms with Crippen LogP contribution < -0.4 is 15.9 Å². The average molecular weight is 351 g/mol. The minimum absolute atomic E-state index is 0. The molecule has 0 saturated carbocycles. The summed E-state index contributed by atoms with van der Waals surface area (Å²) in [5.41, 5.74) is 6.56. The van der Waals surface area contributed by atoms with Gasteiger partial charge in [-0.25, -0.2) is 0 Å². The molecule has 22 heavy (non-hydrogen) atoms. The third kappa shape index (κ3) is 7.49. The monoisotopic (exact) mass is 350 g/mol. The maximum Gasteiger partial charge on any atom is 2.00 e. The molecule has 2 aromatic heterocycles. The average Bonchev–Trinajstić information content (AvgIpc) is 2.49. The topological polar surface area (TPSA) is 132 Å². The molecule has 0 aliphatic carbocycles. The van der Waals surface area contributed by atoms with E-state index >= 15 is 0 Å². The molecule has 1 radical (unpaired) electrons. The fourth-order valence-corrected chi connectivity index (χ4v) is 1.29. The first-order valence-electron chi connectivity index (χ1n) is 5.99. The van der Waals surface area contributed by atoms with Gasteiger partial charge in [-0.3, -0.25) is 9.97 Å². The molecule has 0 spiro atoms. The molecule has 0 aromatic carbocycles. The van der Waals surface area contributed by atoms with Crippen LogP contribution in [0, 0.1) is 0 Å². The van der Waals surface area contributed by atoms with E-state index in [1.165, 1.54) is 0 Å². The van der Waals surface area contributed by atoms with Gasteiger partial charge in [0.25, 0.3) is 0 Å². The van der Waals surface area contributed by atoms with Crippen molar-refractivity contribution in [2.24, 2.45) is 5.73 Å². The molecule has 2 heterocycles. The maximum absolute atomic E-state index is 9.71. The van der Waals surface area contributed by atoms with Gasteiger partial charge in [0.15, 0.2) is 0 Å². The smallest absolute Gasteiger partial charge is 0.550 e. The molecule has 0 amide bonds. The molecule has 0 unspecified atom stereocenters. The number of aromatic nitrogens is 2. The Morgan fingerprint density at radius 2 is 1.45 bits per heavy atom. The van der Waals surface area contributed by atoms with E-state index in [4.69, 9.17) is 5.73 Å². The van der Waals surface area contributed by atoms with Crippen LogP contribution in [-0.4, -0.2) is 27.9 Å². The van der Waals surface area contributed by atoms with E-state index in [-0.39, 0.29) is 17.1 Å². The van der Waals surface area contributed by atoms with E-state index < -0.39 is 24.4 Å². The summed E-state index contributed by atoms with van der Waals surface area (Å²) in [6.07, 6.45) is 2.83. The third-order valence-corrected chi connectivity index (χ3v) is 2.28. The molecule has 7 nitrogen and oxygen atoms in total. The third-order valence-electron chi connectivity index (χ3n) is 2.28. The number of carbonyl (C=O) groups excluding carboxylic acids is 2. The number of nitrogens with zero attached hydrogens (tertiary/aromatic N) is 2. The Morgan fingerprint density at radius 3 is 1.68 bits per heavy atom. The summed E-state index contributed by atoms with van der Waals surface area (Å²) >= 11 is 0. The Labute approximate surface area is 137 Å². The molecular formula is C14H13CuN3O4. The van der Waals surface area contributed by atoms with Crippen LogP contribution >= 0.6 is 0 Å². The first-order chi connectivity index (χ1) is 10.0. The molecule has 0 aliphatic heterocycles. The molecule has 119 valence electrons. The predicted molar refractivity (Wildman–Crippen MR) is 70.1 cm³/mol. The van der Waals surface area contributed by atoms with Crippen molar-refractivity contribution >= 4 is 11.9 Å². The van der Waals surface area contributed by atoms with Crippen molar-refractivity contribution < 1.29 is 36.9 Å². The summed E-state index contributed by atoms with van der Waals surface area (Å²) in [6, 6.07) is 10.1. The fourth-order valence-electron chi connectivity index (χ4n) is 1.29. The number of carbonyl (C=O) groups is 2. The van der Waals surface area contributed by atoms with Crippen LogP contribution in [0.3, 0.4) is 0 Å². The summed E-state index contributed by atoms with van der Waals surface area (Å²) in [4.78, 5) is 27.7. The molecular weight excluding hydrogens is 338 g/mol.